The summed E-state index contributed by atoms with van der Waals surface area (Å²) in [5.41, 5.74) is 0. The first kappa shape index (κ1) is 17.0. The van der Waals surface area contributed by atoms with E-state index in [2.05, 4.69) is 34.0 Å². The van der Waals surface area contributed by atoms with Gasteiger partial charge in [0.25, 0.3) is 0 Å². The van der Waals surface area contributed by atoms with Gasteiger partial charge in [0.2, 0.25) is 5.95 Å². The van der Waals surface area contributed by atoms with Gasteiger partial charge in [-0.1, -0.05) is 25.4 Å². The van der Waals surface area contributed by atoms with Crippen molar-refractivity contribution in [3.05, 3.63) is 34.9 Å². The van der Waals surface area contributed by atoms with Crippen molar-refractivity contribution in [3.63, 3.8) is 0 Å². The van der Waals surface area contributed by atoms with Crippen LogP contribution in [0.15, 0.2) is 29.8 Å². The molecule has 128 valence electrons. The van der Waals surface area contributed by atoms with Gasteiger partial charge in [-0.25, -0.2) is 14.8 Å². The summed E-state index contributed by atoms with van der Waals surface area (Å²) in [5.74, 6) is 0.938. The van der Waals surface area contributed by atoms with Gasteiger partial charge < -0.3 is 9.80 Å². The topological polar surface area (TPSA) is 61.4 Å². The van der Waals surface area contributed by atoms with E-state index in [1.807, 2.05) is 22.4 Å². The van der Waals surface area contributed by atoms with Crippen LogP contribution >= 0.6 is 22.9 Å². The normalized spacial score (nSPS) is 18.1. The summed E-state index contributed by atoms with van der Waals surface area (Å²) in [6, 6.07) is 5.52. The number of thiophene rings is 1. The van der Waals surface area contributed by atoms with Gasteiger partial charge >= 0.3 is 6.03 Å². The Balaban J connectivity index is 1.72. The second kappa shape index (κ2) is 7.36. The number of hydrogen-bond acceptors (Lipinski definition) is 5. The van der Waals surface area contributed by atoms with Crippen LogP contribution in [0.25, 0.3) is 0 Å². The van der Waals surface area contributed by atoms with Crippen LogP contribution in [0.3, 0.4) is 0 Å². The first-order valence-corrected chi connectivity index (χ1v) is 9.15. The molecule has 1 N–H and O–H groups in total. The molecule has 0 saturated carbocycles. The molecule has 3 heterocycles. The predicted molar refractivity (Wildman–Crippen MR) is 97.9 cm³/mol. The van der Waals surface area contributed by atoms with E-state index in [1.54, 1.807) is 12.3 Å². The minimum atomic E-state index is -0.0530. The van der Waals surface area contributed by atoms with Gasteiger partial charge in [0.1, 0.15) is 5.15 Å². The number of urea groups is 1. The molecular weight excluding hydrogens is 346 g/mol. The van der Waals surface area contributed by atoms with E-state index in [-0.39, 0.29) is 12.1 Å². The third-order valence-corrected chi connectivity index (χ3v) is 5.09. The molecular formula is C16H20ClN5OS. The first-order valence-electron chi connectivity index (χ1n) is 7.89. The Morgan fingerprint density at radius 1 is 1.42 bits per heavy atom. The maximum Gasteiger partial charge on any atom is 0.322 e. The highest BCUT2D eigenvalue weighted by Crippen LogP contribution is 2.23. The standard InChI is InChI=1S/C16H20ClN5OS/c1-11(2)12-10-21(15-18-6-5-13(17)19-15)7-8-22(12)16(23)20-14-4-3-9-24-14/h3-6,9,11-12H,7-8,10H2,1-2H3,(H,20,23). The van der Waals surface area contributed by atoms with Gasteiger partial charge in [0, 0.05) is 25.8 Å². The van der Waals surface area contributed by atoms with Gasteiger partial charge in [-0.15, -0.1) is 11.3 Å². The lowest BCUT2D eigenvalue weighted by Gasteiger charge is -2.43. The van der Waals surface area contributed by atoms with Crippen molar-refractivity contribution in [2.75, 3.05) is 29.9 Å². The van der Waals surface area contributed by atoms with Crippen molar-refractivity contribution >= 4 is 39.9 Å². The third-order valence-electron chi connectivity index (χ3n) is 4.09. The second-order valence-corrected chi connectivity index (χ2v) is 7.37. The molecule has 2 aromatic rings. The fourth-order valence-corrected chi connectivity index (χ4v) is 3.56. The molecule has 0 spiro atoms. The van der Waals surface area contributed by atoms with Crippen molar-refractivity contribution < 1.29 is 4.79 Å². The number of carbonyl (C=O) groups excluding carboxylic acids is 1. The zero-order valence-electron chi connectivity index (χ0n) is 13.6. The zero-order chi connectivity index (χ0) is 17.1. The van der Waals surface area contributed by atoms with Crippen LogP contribution in [0.1, 0.15) is 13.8 Å². The van der Waals surface area contributed by atoms with Gasteiger partial charge in [0.05, 0.1) is 11.0 Å². The Labute approximate surface area is 150 Å². The number of nitrogens with one attached hydrogen (secondary N) is 1. The van der Waals surface area contributed by atoms with Crippen molar-refractivity contribution in [2.24, 2.45) is 5.92 Å². The van der Waals surface area contributed by atoms with E-state index >= 15 is 0 Å². The van der Waals surface area contributed by atoms with Crippen LogP contribution < -0.4 is 10.2 Å². The molecule has 3 rings (SSSR count). The molecule has 0 radical (unpaired) electrons. The van der Waals surface area contributed by atoms with Gasteiger partial charge in [0.15, 0.2) is 0 Å². The van der Waals surface area contributed by atoms with Gasteiger partial charge in [-0.3, -0.25) is 5.32 Å². The first-order chi connectivity index (χ1) is 11.5. The van der Waals surface area contributed by atoms with Crippen molar-refractivity contribution in [1.82, 2.24) is 14.9 Å². The molecule has 8 heteroatoms. The number of rotatable bonds is 3. The number of nitrogens with zero attached hydrogens (tertiary/aromatic N) is 4. The lowest BCUT2D eigenvalue weighted by atomic mass is 10.00. The highest BCUT2D eigenvalue weighted by atomic mass is 35.5. The van der Waals surface area contributed by atoms with Crippen molar-refractivity contribution in [2.45, 2.75) is 19.9 Å². The molecule has 6 nitrogen and oxygen atoms in total. The maximum atomic E-state index is 12.6. The number of hydrogen-bond donors (Lipinski definition) is 1. The summed E-state index contributed by atoms with van der Waals surface area (Å²) in [6.45, 7) is 6.24. The quantitative estimate of drug-likeness (QED) is 0.844. The van der Waals surface area contributed by atoms with E-state index in [1.165, 1.54) is 11.3 Å². The van der Waals surface area contributed by atoms with Crippen LogP contribution in [0, 0.1) is 5.92 Å². The molecule has 2 aromatic heterocycles. The zero-order valence-corrected chi connectivity index (χ0v) is 15.2. The highest BCUT2D eigenvalue weighted by molar-refractivity contribution is 7.14. The smallest absolute Gasteiger partial charge is 0.322 e. The van der Waals surface area contributed by atoms with Crippen LogP contribution in [0.4, 0.5) is 15.7 Å². The average molecular weight is 366 g/mol. The number of anilines is 2. The number of carbonyl (C=O) groups is 1. The van der Waals surface area contributed by atoms with Crippen LogP contribution in [-0.2, 0) is 0 Å². The molecule has 1 aliphatic heterocycles. The van der Waals surface area contributed by atoms with E-state index in [9.17, 15) is 4.79 Å². The monoisotopic (exact) mass is 365 g/mol. The Hall–Kier alpha value is -1.86. The minimum absolute atomic E-state index is 0.0530. The van der Waals surface area contributed by atoms with E-state index in [4.69, 9.17) is 11.6 Å². The Bertz CT molecular complexity index is 694. The minimum Gasteiger partial charge on any atom is -0.337 e. The number of piperazine rings is 1. The van der Waals surface area contributed by atoms with E-state index < -0.39 is 0 Å². The van der Waals surface area contributed by atoms with Gasteiger partial charge in [-0.05, 0) is 29.5 Å². The predicted octanol–water partition coefficient (Wildman–Crippen LogP) is 3.57. The summed E-state index contributed by atoms with van der Waals surface area (Å²) in [7, 11) is 0. The summed E-state index contributed by atoms with van der Waals surface area (Å²) in [6.07, 6.45) is 1.66. The lowest BCUT2D eigenvalue weighted by molar-refractivity contribution is 0.156. The average Bonchev–Trinajstić information content (AvgIpc) is 3.07. The van der Waals surface area contributed by atoms with Crippen molar-refractivity contribution in [3.8, 4) is 0 Å². The summed E-state index contributed by atoms with van der Waals surface area (Å²) in [5, 5.41) is 6.22. The molecule has 1 saturated heterocycles. The Morgan fingerprint density at radius 3 is 2.92 bits per heavy atom. The largest absolute Gasteiger partial charge is 0.337 e. The molecule has 1 fully saturated rings. The maximum absolute atomic E-state index is 12.6. The molecule has 0 aromatic carbocycles. The number of aromatic nitrogens is 2. The SMILES string of the molecule is CC(C)C1CN(c2nccc(Cl)n2)CCN1C(=O)Nc1cccs1. The van der Waals surface area contributed by atoms with E-state index in [0.29, 0.717) is 36.7 Å². The second-order valence-electron chi connectivity index (χ2n) is 6.04. The highest BCUT2D eigenvalue weighted by Gasteiger charge is 2.33. The molecule has 2 amide bonds. The van der Waals surface area contributed by atoms with Crippen LogP contribution in [0.2, 0.25) is 5.15 Å². The molecule has 0 bridgehead atoms. The molecule has 1 unspecified atom stereocenters. The fraction of sp³-hybridized carbons (Fsp3) is 0.438. The number of halogens is 1. The van der Waals surface area contributed by atoms with Crippen LogP contribution in [-0.4, -0.2) is 46.6 Å². The Kier molecular flexibility index (Phi) is 5.20. The summed E-state index contributed by atoms with van der Waals surface area (Å²) >= 11 is 7.49. The van der Waals surface area contributed by atoms with Gasteiger partial charge in [-0.2, -0.15) is 0 Å². The summed E-state index contributed by atoms with van der Waals surface area (Å²) < 4.78 is 0. The lowest BCUT2D eigenvalue weighted by Crippen LogP contribution is -2.58. The van der Waals surface area contributed by atoms with E-state index in [0.717, 1.165) is 5.00 Å². The molecule has 24 heavy (non-hydrogen) atoms. The summed E-state index contributed by atoms with van der Waals surface area (Å²) in [4.78, 5) is 25.2. The molecule has 1 aliphatic rings. The third kappa shape index (κ3) is 3.79. The Morgan fingerprint density at radius 2 is 2.25 bits per heavy atom. The van der Waals surface area contributed by atoms with Crippen LogP contribution in [0.5, 0.6) is 0 Å². The fourth-order valence-electron chi connectivity index (χ4n) is 2.82. The molecule has 1 atom stereocenters. The molecule has 0 aliphatic carbocycles. The number of amides is 2. The van der Waals surface area contributed by atoms with Crippen molar-refractivity contribution in [1.29, 1.82) is 0 Å².